The molecule has 0 amide bonds. The summed E-state index contributed by atoms with van der Waals surface area (Å²) in [7, 11) is 0. The van der Waals surface area contributed by atoms with Crippen LogP contribution in [-0.4, -0.2) is 10.2 Å². The second-order valence-corrected chi connectivity index (χ2v) is 5.13. The largest absolute Gasteiger partial charge is 0.638 e. The quantitative estimate of drug-likeness (QED) is 0.715. The fourth-order valence-electron chi connectivity index (χ4n) is 2.48. The number of fused-ring (bicyclic) bond motifs is 1. The minimum Gasteiger partial charge on any atom is -0.459 e. The van der Waals surface area contributed by atoms with Gasteiger partial charge in [-0.3, -0.25) is 0 Å². The van der Waals surface area contributed by atoms with Crippen molar-refractivity contribution in [3.63, 3.8) is 0 Å². The van der Waals surface area contributed by atoms with Gasteiger partial charge in [-0.15, -0.1) is 0 Å². The van der Waals surface area contributed by atoms with E-state index in [-0.39, 0.29) is 11.9 Å². The van der Waals surface area contributed by atoms with Crippen molar-refractivity contribution in [1.82, 2.24) is 0 Å². The van der Waals surface area contributed by atoms with E-state index in [0.717, 1.165) is 5.52 Å². The Bertz CT molecular complexity index is 817. The van der Waals surface area contributed by atoms with Crippen LogP contribution in [0, 0.1) is 0 Å². The van der Waals surface area contributed by atoms with Crippen molar-refractivity contribution in [1.29, 1.82) is 0 Å². The fourth-order valence-corrected chi connectivity index (χ4v) is 2.61. The number of aromatic nitrogens is 2. The van der Waals surface area contributed by atoms with Gasteiger partial charge in [0.2, 0.25) is 11.2 Å². The van der Waals surface area contributed by atoms with Crippen molar-refractivity contribution in [3.8, 4) is 17.6 Å². The normalized spacial score (nSPS) is 11.0. The van der Waals surface area contributed by atoms with Gasteiger partial charge in [0, 0.05) is 23.2 Å². The molecule has 0 saturated heterocycles. The zero-order chi connectivity index (χ0) is 15.0. The molecule has 5 heteroatoms. The van der Waals surface area contributed by atoms with E-state index in [1.54, 1.807) is 28.8 Å². The first kappa shape index (κ1) is 13.6. The van der Waals surface area contributed by atoms with Crippen molar-refractivity contribution < 1.29 is 19.3 Å². The summed E-state index contributed by atoms with van der Waals surface area (Å²) in [6, 6.07) is 14.3. The molecule has 3 aromatic rings. The molecule has 0 spiro atoms. The Morgan fingerprint density at radius 1 is 1.00 bits per heavy atom. The van der Waals surface area contributed by atoms with Gasteiger partial charge in [0.1, 0.15) is 0 Å². The van der Waals surface area contributed by atoms with Gasteiger partial charge in [0.15, 0.2) is 11.9 Å². The van der Waals surface area contributed by atoms with E-state index < -0.39 is 0 Å². The summed E-state index contributed by atoms with van der Waals surface area (Å²) in [6.07, 6.45) is 0. The SMILES string of the molecule is CC[n+]1c(O)[n+](-c2ccc(Cl)cc2)c(O)c2ccccc21. The van der Waals surface area contributed by atoms with Crippen LogP contribution in [0.25, 0.3) is 16.6 Å². The number of benzene rings is 2. The molecule has 3 rings (SSSR count). The molecule has 0 radical (unpaired) electrons. The Kier molecular flexibility index (Phi) is 3.39. The van der Waals surface area contributed by atoms with Gasteiger partial charge in [-0.2, -0.15) is 0 Å². The summed E-state index contributed by atoms with van der Waals surface area (Å²) in [4.78, 5) is 0. The lowest BCUT2D eigenvalue weighted by atomic mass is 10.2. The molecule has 4 nitrogen and oxygen atoms in total. The Hall–Kier alpha value is -2.33. The zero-order valence-electron chi connectivity index (χ0n) is 11.5. The first-order chi connectivity index (χ1) is 10.1. The third-order valence-corrected chi connectivity index (χ3v) is 3.74. The van der Waals surface area contributed by atoms with Crippen LogP contribution in [-0.2, 0) is 6.54 Å². The fraction of sp³-hybridized carbons (Fsp3) is 0.125. The van der Waals surface area contributed by atoms with Crippen molar-refractivity contribution in [2.24, 2.45) is 0 Å². The number of halogens is 1. The maximum absolute atomic E-state index is 10.5. The molecule has 0 unspecified atom stereocenters. The summed E-state index contributed by atoms with van der Waals surface area (Å²) < 4.78 is 3.14. The van der Waals surface area contributed by atoms with Crippen molar-refractivity contribution >= 4 is 22.5 Å². The van der Waals surface area contributed by atoms with Gasteiger partial charge in [-0.25, -0.2) is 0 Å². The molecular weight excluding hydrogens is 288 g/mol. The molecule has 0 aliphatic heterocycles. The number of nitrogens with zero attached hydrogens (tertiary/aromatic N) is 2. The standard InChI is InChI=1S/C16H13ClN2O2/c1-2-18-14-6-4-3-5-13(14)15(20)19(16(18)21)12-9-7-11(17)8-10-12/h3-10H,2H2,1H3/p+2. The molecule has 1 aromatic heterocycles. The molecule has 0 aliphatic carbocycles. The third-order valence-electron chi connectivity index (χ3n) is 3.49. The molecule has 0 atom stereocenters. The first-order valence-corrected chi connectivity index (χ1v) is 7.05. The van der Waals surface area contributed by atoms with Crippen molar-refractivity contribution in [2.45, 2.75) is 13.5 Å². The predicted molar refractivity (Wildman–Crippen MR) is 79.7 cm³/mol. The van der Waals surface area contributed by atoms with Crippen LogP contribution in [0.1, 0.15) is 6.92 Å². The van der Waals surface area contributed by atoms with Gasteiger partial charge in [0.05, 0.1) is 0 Å². The number of hydrogen-bond acceptors (Lipinski definition) is 2. The highest BCUT2D eigenvalue weighted by Crippen LogP contribution is 2.22. The molecule has 0 fully saturated rings. The van der Waals surface area contributed by atoms with Crippen molar-refractivity contribution in [2.75, 3.05) is 0 Å². The van der Waals surface area contributed by atoms with Crippen LogP contribution in [0.2, 0.25) is 5.02 Å². The monoisotopic (exact) mass is 302 g/mol. The van der Waals surface area contributed by atoms with Crippen LogP contribution in [0.5, 0.6) is 11.9 Å². The average Bonchev–Trinajstić information content (AvgIpc) is 2.50. The second kappa shape index (κ2) is 5.22. The topological polar surface area (TPSA) is 48.2 Å². The van der Waals surface area contributed by atoms with E-state index in [2.05, 4.69) is 0 Å². The molecule has 0 aliphatic rings. The van der Waals surface area contributed by atoms with Crippen LogP contribution >= 0.6 is 11.6 Å². The lowest BCUT2D eigenvalue weighted by Gasteiger charge is -2.03. The van der Waals surface area contributed by atoms with E-state index in [4.69, 9.17) is 11.6 Å². The van der Waals surface area contributed by atoms with Crippen molar-refractivity contribution in [3.05, 3.63) is 53.6 Å². The smallest absolute Gasteiger partial charge is 0.459 e. The highest BCUT2D eigenvalue weighted by atomic mass is 35.5. The van der Waals surface area contributed by atoms with E-state index in [0.29, 0.717) is 22.6 Å². The maximum Gasteiger partial charge on any atom is 0.638 e. The number of hydrogen-bond donors (Lipinski definition) is 2. The van der Waals surface area contributed by atoms with E-state index in [1.807, 2.05) is 31.2 Å². The minimum atomic E-state index is -0.0315. The first-order valence-electron chi connectivity index (χ1n) is 6.68. The summed E-state index contributed by atoms with van der Waals surface area (Å²) in [5, 5.41) is 22.3. The number of aromatic hydroxyl groups is 2. The highest BCUT2D eigenvalue weighted by Gasteiger charge is 2.34. The average molecular weight is 303 g/mol. The maximum atomic E-state index is 10.5. The third kappa shape index (κ3) is 2.17. The molecule has 21 heavy (non-hydrogen) atoms. The lowest BCUT2D eigenvalue weighted by molar-refractivity contribution is -0.779. The number of rotatable bonds is 2. The van der Waals surface area contributed by atoms with E-state index >= 15 is 0 Å². The molecule has 0 saturated carbocycles. The zero-order valence-corrected chi connectivity index (χ0v) is 12.2. The van der Waals surface area contributed by atoms with Crippen LogP contribution in [0.3, 0.4) is 0 Å². The Balaban J connectivity index is 2.40. The van der Waals surface area contributed by atoms with Gasteiger partial charge < -0.3 is 10.2 Å². The Labute approximate surface area is 127 Å². The molecule has 2 aromatic carbocycles. The predicted octanol–water partition coefficient (Wildman–Crippen LogP) is 2.49. The van der Waals surface area contributed by atoms with Gasteiger partial charge >= 0.3 is 11.9 Å². The number of aryl methyl sites for hydroxylation is 1. The van der Waals surface area contributed by atoms with Crippen LogP contribution in [0.15, 0.2) is 48.5 Å². The van der Waals surface area contributed by atoms with Crippen LogP contribution < -0.4 is 9.13 Å². The summed E-state index contributed by atoms with van der Waals surface area (Å²) >= 11 is 5.89. The van der Waals surface area contributed by atoms with Gasteiger partial charge in [0.25, 0.3) is 0 Å². The lowest BCUT2D eigenvalue weighted by Crippen LogP contribution is -2.46. The highest BCUT2D eigenvalue weighted by molar-refractivity contribution is 6.30. The van der Waals surface area contributed by atoms with E-state index in [9.17, 15) is 10.2 Å². The summed E-state index contributed by atoms with van der Waals surface area (Å²) in [6.45, 7) is 2.52. The summed E-state index contributed by atoms with van der Waals surface area (Å²) in [5.74, 6) is -0.00452. The summed E-state index contributed by atoms with van der Waals surface area (Å²) in [5.41, 5.74) is 1.42. The van der Waals surface area contributed by atoms with Crippen LogP contribution in [0.4, 0.5) is 0 Å². The Morgan fingerprint density at radius 2 is 1.67 bits per heavy atom. The Morgan fingerprint density at radius 3 is 2.33 bits per heavy atom. The molecule has 2 N–H and O–H groups in total. The van der Waals surface area contributed by atoms with Gasteiger partial charge in [-0.05, 0) is 29.7 Å². The second-order valence-electron chi connectivity index (χ2n) is 4.70. The molecule has 1 heterocycles. The molecule has 106 valence electrons. The van der Waals surface area contributed by atoms with Gasteiger partial charge in [-0.1, -0.05) is 28.3 Å². The van der Waals surface area contributed by atoms with E-state index in [1.165, 1.54) is 4.57 Å². The molecular formula is C16H15ClN2O2+2. The molecule has 0 bridgehead atoms. The minimum absolute atomic E-state index is 0.00452. The number of para-hydroxylation sites is 1.